The molecule has 0 bridgehead atoms. The molecule has 0 unspecified atom stereocenters. The Bertz CT molecular complexity index is 1180. The first-order valence-electron chi connectivity index (χ1n) is 12.4. The van der Waals surface area contributed by atoms with Crippen molar-refractivity contribution in [3.8, 4) is 0 Å². The zero-order valence-corrected chi connectivity index (χ0v) is 21.8. The van der Waals surface area contributed by atoms with Crippen molar-refractivity contribution in [3.05, 3.63) is 120 Å². The van der Waals surface area contributed by atoms with Crippen molar-refractivity contribution in [2.24, 2.45) is 14.1 Å². The lowest BCUT2D eigenvalue weighted by Crippen LogP contribution is -2.30. The lowest BCUT2D eigenvalue weighted by Gasteiger charge is -2.25. The number of rotatable bonds is 9. The lowest BCUT2D eigenvalue weighted by molar-refractivity contribution is -0.671. The van der Waals surface area contributed by atoms with Crippen molar-refractivity contribution < 1.29 is 9.13 Å². The number of anilines is 2. The van der Waals surface area contributed by atoms with Crippen molar-refractivity contribution >= 4 is 35.7 Å². The summed E-state index contributed by atoms with van der Waals surface area (Å²) >= 11 is 0. The summed E-state index contributed by atoms with van der Waals surface area (Å²) in [6.07, 6.45) is 16.9. The van der Waals surface area contributed by atoms with Gasteiger partial charge in [0.2, 0.25) is 0 Å². The van der Waals surface area contributed by atoms with Gasteiger partial charge in [0.25, 0.3) is 0 Å². The number of likely N-dealkylation sites (N-methyl/N-ethyl adjacent to an activating group) is 2. The number of aromatic nitrogens is 2. The maximum Gasteiger partial charge on any atom is 0.169 e. The molecule has 0 aliphatic carbocycles. The zero-order valence-electron chi connectivity index (χ0n) is 21.8. The van der Waals surface area contributed by atoms with Gasteiger partial charge in [-0.15, -0.1) is 0 Å². The van der Waals surface area contributed by atoms with Crippen LogP contribution in [-0.4, -0.2) is 27.2 Å². The monoisotopic (exact) mass is 492 g/mol. The highest BCUT2D eigenvalue weighted by Crippen LogP contribution is 2.18. The topological polar surface area (TPSA) is 14.2 Å². The minimum absolute atomic E-state index is 0. The average Bonchev–Trinajstić information content (AvgIpc) is 2.91. The molecule has 4 rings (SSSR count). The third-order valence-corrected chi connectivity index (χ3v) is 6.38. The van der Waals surface area contributed by atoms with Gasteiger partial charge in [0.1, 0.15) is 14.1 Å². The van der Waals surface area contributed by atoms with E-state index in [-0.39, 0.29) is 7.43 Å². The molecule has 190 valence electrons. The molecule has 2 aromatic heterocycles. The normalized spacial score (nSPS) is 11.0. The molecule has 0 aliphatic rings. The molecule has 0 saturated carbocycles. The van der Waals surface area contributed by atoms with Gasteiger partial charge in [0, 0.05) is 62.8 Å². The van der Waals surface area contributed by atoms with Crippen LogP contribution >= 0.6 is 0 Å². The summed E-state index contributed by atoms with van der Waals surface area (Å²) in [7, 11) is 8.37. The van der Waals surface area contributed by atoms with Crippen LogP contribution in [0.25, 0.3) is 24.3 Å². The van der Waals surface area contributed by atoms with E-state index in [0.29, 0.717) is 0 Å². The first-order chi connectivity index (χ1) is 17.5. The van der Waals surface area contributed by atoms with Gasteiger partial charge < -0.3 is 9.80 Å². The molecule has 0 saturated heterocycles. The van der Waals surface area contributed by atoms with Crippen LogP contribution in [0, 0.1) is 0 Å². The van der Waals surface area contributed by atoms with Crippen LogP contribution < -0.4 is 18.9 Å². The van der Waals surface area contributed by atoms with Crippen molar-refractivity contribution in [3.63, 3.8) is 0 Å². The average molecular weight is 493 g/mol. The minimum atomic E-state index is 0. The number of aryl methyl sites for hydroxylation is 2. The van der Waals surface area contributed by atoms with E-state index in [2.05, 4.69) is 146 Å². The van der Waals surface area contributed by atoms with Crippen molar-refractivity contribution in [2.45, 2.75) is 7.43 Å². The molecule has 0 spiro atoms. The van der Waals surface area contributed by atoms with Crippen LogP contribution in [0.4, 0.5) is 11.4 Å². The minimum Gasteiger partial charge on any atom is -0.373 e. The Morgan fingerprint density at radius 2 is 0.757 bits per heavy atom. The molecule has 4 heteroatoms. The molecule has 0 atom stereocenters. The van der Waals surface area contributed by atoms with E-state index in [1.54, 1.807) is 0 Å². The summed E-state index contributed by atoms with van der Waals surface area (Å²) in [5, 5.41) is 0. The highest BCUT2D eigenvalue weighted by molar-refractivity contribution is 5.71. The van der Waals surface area contributed by atoms with Gasteiger partial charge >= 0.3 is 0 Å². The second kappa shape index (κ2) is 13.2. The molecule has 4 nitrogen and oxygen atoms in total. The Kier molecular flexibility index (Phi) is 9.79. The zero-order chi connectivity index (χ0) is 25.3. The quantitative estimate of drug-likeness (QED) is 0.271. The molecule has 4 aromatic rings. The maximum atomic E-state index is 2.30. The summed E-state index contributed by atoms with van der Waals surface area (Å²) in [6.45, 7) is 1.89. The molecule has 37 heavy (non-hydrogen) atoms. The first kappa shape index (κ1) is 27.4. The number of hydrogen-bond acceptors (Lipinski definition) is 2. The van der Waals surface area contributed by atoms with Gasteiger partial charge in [0.15, 0.2) is 24.8 Å². The van der Waals surface area contributed by atoms with Gasteiger partial charge in [-0.1, -0.05) is 56.0 Å². The van der Waals surface area contributed by atoms with Crippen LogP contribution in [0.5, 0.6) is 0 Å². The van der Waals surface area contributed by atoms with E-state index < -0.39 is 0 Å². The molecule has 0 fully saturated rings. The largest absolute Gasteiger partial charge is 0.373 e. The molecule has 0 N–H and O–H groups in total. The van der Waals surface area contributed by atoms with Gasteiger partial charge in [-0.05, 0) is 46.5 Å². The highest BCUT2D eigenvalue weighted by Gasteiger charge is 2.05. The Labute approximate surface area is 223 Å². The van der Waals surface area contributed by atoms with Crippen LogP contribution in [0.1, 0.15) is 29.7 Å². The van der Waals surface area contributed by atoms with Crippen molar-refractivity contribution in [2.75, 3.05) is 37.0 Å². The molecular formula is C33H40N4+2. The SMILES string of the molecule is C.CN(CCN(C)c1ccc(/C=C/c2cc[n+](C)cc2)cc1)c1ccc(/C=C/c2cc[n+](C)cc2)cc1. The van der Waals surface area contributed by atoms with Crippen molar-refractivity contribution in [1.82, 2.24) is 0 Å². The smallest absolute Gasteiger partial charge is 0.169 e. The Morgan fingerprint density at radius 3 is 1.05 bits per heavy atom. The van der Waals surface area contributed by atoms with Gasteiger partial charge in [0.05, 0.1) is 0 Å². The van der Waals surface area contributed by atoms with Gasteiger partial charge in [-0.2, -0.15) is 0 Å². The molecule has 2 heterocycles. The van der Waals surface area contributed by atoms with E-state index >= 15 is 0 Å². The van der Waals surface area contributed by atoms with Crippen LogP contribution in [-0.2, 0) is 14.1 Å². The number of nitrogens with zero attached hydrogens (tertiary/aromatic N) is 4. The third-order valence-electron chi connectivity index (χ3n) is 6.38. The molecule has 0 radical (unpaired) electrons. The summed E-state index contributed by atoms with van der Waals surface area (Å²) in [5.41, 5.74) is 7.25. The summed E-state index contributed by atoms with van der Waals surface area (Å²) in [6, 6.07) is 25.9. The van der Waals surface area contributed by atoms with E-state index in [0.717, 1.165) is 13.1 Å². The summed E-state index contributed by atoms with van der Waals surface area (Å²) in [5.74, 6) is 0. The number of pyridine rings is 2. The maximum absolute atomic E-state index is 2.30. The predicted octanol–water partition coefficient (Wildman–Crippen LogP) is 5.89. The fourth-order valence-corrected chi connectivity index (χ4v) is 3.87. The second-order valence-electron chi connectivity index (χ2n) is 9.29. The highest BCUT2D eigenvalue weighted by atomic mass is 15.2. The number of benzene rings is 2. The van der Waals surface area contributed by atoms with Crippen LogP contribution in [0.3, 0.4) is 0 Å². The Hall–Kier alpha value is -4.18. The fraction of sp³-hybridized carbons (Fsp3) is 0.212. The fourth-order valence-electron chi connectivity index (χ4n) is 3.87. The van der Waals surface area contributed by atoms with Crippen molar-refractivity contribution in [1.29, 1.82) is 0 Å². The van der Waals surface area contributed by atoms with E-state index in [9.17, 15) is 0 Å². The predicted molar refractivity (Wildman–Crippen MR) is 159 cm³/mol. The molecular weight excluding hydrogens is 452 g/mol. The lowest BCUT2D eigenvalue weighted by atomic mass is 10.1. The second-order valence-corrected chi connectivity index (χ2v) is 9.29. The first-order valence-corrected chi connectivity index (χ1v) is 12.4. The van der Waals surface area contributed by atoms with E-state index in [4.69, 9.17) is 0 Å². The summed E-state index contributed by atoms with van der Waals surface area (Å²) in [4.78, 5) is 4.61. The molecule has 0 aliphatic heterocycles. The van der Waals surface area contributed by atoms with Gasteiger partial charge in [-0.3, -0.25) is 0 Å². The Balaban J connectivity index is 0.00000380. The molecule has 2 aromatic carbocycles. The standard InChI is InChI=1S/C32H36N4.CH4/c1-33-21-17-29(18-22-33)7-5-27-9-13-31(14-10-27)35(3)25-26-36(4)32-15-11-28(12-16-32)6-8-30-19-23-34(2)24-20-30;/h5-24H,25-26H2,1-4H3;1H4/q+2;. The van der Waals surface area contributed by atoms with E-state index in [1.165, 1.54) is 33.6 Å². The third kappa shape index (κ3) is 8.18. The van der Waals surface area contributed by atoms with Crippen LogP contribution in [0.15, 0.2) is 97.6 Å². The Morgan fingerprint density at radius 1 is 0.486 bits per heavy atom. The molecule has 0 amide bonds. The summed E-state index contributed by atoms with van der Waals surface area (Å²) < 4.78 is 4.08. The number of hydrogen-bond donors (Lipinski definition) is 0. The van der Waals surface area contributed by atoms with E-state index in [1.807, 2.05) is 23.2 Å². The van der Waals surface area contributed by atoms with Gasteiger partial charge in [-0.25, -0.2) is 9.13 Å². The van der Waals surface area contributed by atoms with Crippen LogP contribution in [0.2, 0.25) is 0 Å².